The molecule has 0 heterocycles. The molecule has 2 aromatic carbocycles. The van der Waals surface area contributed by atoms with Crippen molar-refractivity contribution in [3.05, 3.63) is 64.2 Å². The summed E-state index contributed by atoms with van der Waals surface area (Å²) in [4.78, 5) is 0. The zero-order valence-electron chi connectivity index (χ0n) is 11.0. The molecule has 19 heavy (non-hydrogen) atoms. The van der Waals surface area contributed by atoms with Gasteiger partial charge >= 0.3 is 0 Å². The van der Waals surface area contributed by atoms with Crippen LogP contribution in [0.3, 0.4) is 0 Å². The molecule has 1 atom stereocenters. The zero-order valence-corrected chi connectivity index (χ0v) is 11.7. The van der Waals surface area contributed by atoms with E-state index in [-0.39, 0.29) is 6.04 Å². The molecule has 1 unspecified atom stereocenters. The van der Waals surface area contributed by atoms with Crippen LogP contribution in [-0.2, 0) is 0 Å². The van der Waals surface area contributed by atoms with Crippen LogP contribution in [-0.4, -0.2) is 7.11 Å². The van der Waals surface area contributed by atoms with E-state index >= 15 is 0 Å². The molecule has 0 spiro atoms. The average molecular weight is 277 g/mol. The van der Waals surface area contributed by atoms with E-state index in [0.717, 1.165) is 22.4 Å². The molecule has 0 amide bonds. The number of hydrogen-bond acceptors (Lipinski definition) is 3. The molecule has 4 heteroatoms. The number of nitrogens with one attached hydrogen (secondary N) is 1. The molecule has 2 aromatic rings. The minimum absolute atomic E-state index is 0.0930. The molecule has 0 aliphatic carbocycles. The molecule has 0 aliphatic rings. The number of methoxy groups -OCH3 is 1. The van der Waals surface area contributed by atoms with E-state index in [1.165, 1.54) is 0 Å². The Hall–Kier alpha value is -1.55. The molecule has 0 aromatic heterocycles. The highest BCUT2D eigenvalue weighted by molar-refractivity contribution is 6.30. The summed E-state index contributed by atoms with van der Waals surface area (Å²) in [6.45, 7) is 2.04. The molecule has 0 aliphatic heterocycles. The van der Waals surface area contributed by atoms with E-state index in [2.05, 4.69) is 5.43 Å². The third-order valence-electron chi connectivity index (χ3n) is 3.17. The maximum absolute atomic E-state index is 6.06. The first-order valence-electron chi connectivity index (χ1n) is 6.02. The Morgan fingerprint density at radius 2 is 1.84 bits per heavy atom. The van der Waals surface area contributed by atoms with Gasteiger partial charge in [-0.3, -0.25) is 5.84 Å². The summed E-state index contributed by atoms with van der Waals surface area (Å²) in [5.41, 5.74) is 6.12. The standard InChI is InChI=1S/C15H17ClN2O/c1-10-3-6-12(16)9-14(10)15(18-17)11-4-7-13(19-2)8-5-11/h3-9,15,18H,17H2,1-2H3. The topological polar surface area (TPSA) is 47.3 Å². The maximum atomic E-state index is 6.06. The SMILES string of the molecule is COc1ccc(C(NN)c2cc(Cl)ccc2C)cc1. The normalized spacial score (nSPS) is 12.2. The summed E-state index contributed by atoms with van der Waals surface area (Å²) in [5, 5.41) is 0.703. The Kier molecular flexibility index (Phi) is 4.43. The number of hydrazine groups is 1. The molecule has 0 fully saturated rings. The van der Waals surface area contributed by atoms with Crippen molar-refractivity contribution < 1.29 is 4.74 Å². The minimum atomic E-state index is -0.0930. The van der Waals surface area contributed by atoms with Gasteiger partial charge in [-0.1, -0.05) is 29.8 Å². The summed E-state index contributed by atoms with van der Waals surface area (Å²) in [6, 6.07) is 13.5. The fourth-order valence-corrected chi connectivity index (χ4v) is 2.26. The molecule has 0 saturated heterocycles. The molecule has 2 rings (SSSR count). The minimum Gasteiger partial charge on any atom is -0.497 e. The molecular formula is C15H17ClN2O. The van der Waals surface area contributed by atoms with Gasteiger partial charge in [0.25, 0.3) is 0 Å². The van der Waals surface area contributed by atoms with Gasteiger partial charge < -0.3 is 4.74 Å². The fraction of sp³-hybridized carbons (Fsp3) is 0.200. The van der Waals surface area contributed by atoms with E-state index < -0.39 is 0 Å². The molecular weight excluding hydrogens is 260 g/mol. The van der Waals surface area contributed by atoms with Gasteiger partial charge in [0.2, 0.25) is 0 Å². The summed E-state index contributed by atoms with van der Waals surface area (Å²) in [7, 11) is 1.65. The van der Waals surface area contributed by atoms with Gasteiger partial charge in [0, 0.05) is 5.02 Å². The van der Waals surface area contributed by atoms with Crippen molar-refractivity contribution in [2.45, 2.75) is 13.0 Å². The van der Waals surface area contributed by atoms with Crippen LogP contribution >= 0.6 is 11.6 Å². The third kappa shape index (κ3) is 3.07. The summed E-state index contributed by atoms with van der Waals surface area (Å²) >= 11 is 6.06. The Labute approximate surface area is 118 Å². The fourth-order valence-electron chi connectivity index (χ4n) is 2.08. The summed E-state index contributed by atoms with van der Waals surface area (Å²) in [5.74, 6) is 6.52. The van der Waals surface area contributed by atoms with Gasteiger partial charge in [0.05, 0.1) is 13.2 Å². The van der Waals surface area contributed by atoms with E-state index in [0.29, 0.717) is 5.02 Å². The molecule has 0 radical (unpaired) electrons. The largest absolute Gasteiger partial charge is 0.497 e. The zero-order chi connectivity index (χ0) is 13.8. The number of halogens is 1. The lowest BCUT2D eigenvalue weighted by atomic mass is 9.95. The van der Waals surface area contributed by atoms with Gasteiger partial charge in [-0.2, -0.15) is 0 Å². The average Bonchev–Trinajstić information content (AvgIpc) is 2.44. The highest BCUT2D eigenvalue weighted by Gasteiger charge is 2.15. The first-order chi connectivity index (χ1) is 9.15. The van der Waals surface area contributed by atoms with Gasteiger partial charge in [-0.05, 0) is 47.9 Å². The Balaban J connectivity index is 2.40. The quantitative estimate of drug-likeness (QED) is 0.666. The number of ether oxygens (including phenoxy) is 1. The highest BCUT2D eigenvalue weighted by Crippen LogP contribution is 2.27. The van der Waals surface area contributed by atoms with Crippen molar-refractivity contribution in [3.8, 4) is 5.75 Å². The van der Waals surface area contributed by atoms with Crippen LogP contribution in [0.5, 0.6) is 5.75 Å². The summed E-state index contributed by atoms with van der Waals surface area (Å²) in [6.07, 6.45) is 0. The van der Waals surface area contributed by atoms with E-state index in [4.69, 9.17) is 22.2 Å². The van der Waals surface area contributed by atoms with Crippen LogP contribution in [0.1, 0.15) is 22.7 Å². The van der Waals surface area contributed by atoms with Crippen LogP contribution in [0, 0.1) is 6.92 Å². The van der Waals surface area contributed by atoms with E-state index in [9.17, 15) is 0 Å². The lowest BCUT2D eigenvalue weighted by Crippen LogP contribution is -2.29. The number of rotatable bonds is 4. The van der Waals surface area contributed by atoms with E-state index in [1.54, 1.807) is 7.11 Å². The predicted octanol–water partition coefficient (Wildman–Crippen LogP) is 3.21. The van der Waals surface area contributed by atoms with Crippen LogP contribution in [0.2, 0.25) is 5.02 Å². The van der Waals surface area contributed by atoms with Gasteiger partial charge in [-0.25, -0.2) is 5.43 Å². The Morgan fingerprint density at radius 1 is 1.16 bits per heavy atom. The first-order valence-corrected chi connectivity index (χ1v) is 6.39. The number of benzene rings is 2. The number of nitrogens with two attached hydrogens (primary N) is 1. The molecule has 0 saturated carbocycles. The number of aryl methyl sites for hydroxylation is 1. The monoisotopic (exact) mass is 276 g/mol. The van der Waals surface area contributed by atoms with Crippen LogP contribution in [0.4, 0.5) is 0 Å². The van der Waals surface area contributed by atoms with Crippen molar-refractivity contribution in [2.75, 3.05) is 7.11 Å². The molecule has 100 valence electrons. The lowest BCUT2D eigenvalue weighted by Gasteiger charge is -2.19. The van der Waals surface area contributed by atoms with Crippen molar-refractivity contribution in [2.24, 2.45) is 5.84 Å². The number of hydrogen-bond donors (Lipinski definition) is 2. The molecule has 3 N–H and O–H groups in total. The van der Waals surface area contributed by atoms with Gasteiger partial charge in [0.1, 0.15) is 5.75 Å². The maximum Gasteiger partial charge on any atom is 0.118 e. The van der Waals surface area contributed by atoms with Crippen molar-refractivity contribution in [3.63, 3.8) is 0 Å². The second kappa shape index (κ2) is 6.06. The Morgan fingerprint density at radius 3 is 2.42 bits per heavy atom. The van der Waals surface area contributed by atoms with Crippen LogP contribution in [0.25, 0.3) is 0 Å². The first kappa shape index (κ1) is 13.9. The summed E-state index contributed by atoms with van der Waals surface area (Å²) < 4.78 is 5.16. The van der Waals surface area contributed by atoms with Gasteiger partial charge in [0.15, 0.2) is 0 Å². The predicted molar refractivity (Wildman–Crippen MR) is 78.3 cm³/mol. The Bertz CT molecular complexity index is 555. The van der Waals surface area contributed by atoms with Crippen LogP contribution in [0.15, 0.2) is 42.5 Å². The van der Waals surface area contributed by atoms with Gasteiger partial charge in [-0.15, -0.1) is 0 Å². The van der Waals surface area contributed by atoms with Crippen molar-refractivity contribution in [1.29, 1.82) is 0 Å². The smallest absolute Gasteiger partial charge is 0.118 e. The second-order valence-electron chi connectivity index (χ2n) is 4.37. The highest BCUT2D eigenvalue weighted by atomic mass is 35.5. The van der Waals surface area contributed by atoms with E-state index in [1.807, 2.05) is 49.4 Å². The van der Waals surface area contributed by atoms with Crippen molar-refractivity contribution in [1.82, 2.24) is 5.43 Å². The lowest BCUT2D eigenvalue weighted by molar-refractivity contribution is 0.414. The second-order valence-corrected chi connectivity index (χ2v) is 4.81. The van der Waals surface area contributed by atoms with Crippen LogP contribution < -0.4 is 16.0 Å². The third-order valence-corrected chi connectivity index (χ3v) is 3.40. The molecule has 0 bridgehead atoms. The molecule has 3 nitrogen and oxygen atoms in total. The van der Waals surface area contributed by atoms with Crippen molar-refractivity contribution >= 4 is 11.6 Å².